The normalized spacial score (nSPS) is 15.0. The van der Waals surface area contributed by atoms with Crippen LogP contribution in [0.1, 0.15) is 13.3 Å². The van der Waals surface area contributed by atoms with Crippen LogP contribution in [0.15, 0.2) is 83.8 Å². The molecule has 7 nitrogen and oxygen atoms in total. The summed E-state index contributed by atoms with van der Waals surface area (Å²) in [4.78, 5) is 15.1. The molecule has 1 aliphatic rings. The summed E-state index contributed by atoms with van der Waals surface area (Å²) in [5.41, 5.74) is 2.82. The average molecular weight is 494 g/mol. The Morgan fingerprint density at radius 3 is 2.23 bits per heavy atom. The molecule has 4 rings (SSSR count). The molecule has 0 unspecified atom stereocenters. The maximum atomic E-state index is 13.0. The maximum absolute atomic E-state index is 13.0. The van der Waals surface area contributed by atoms with Gasteiger partial charge in [0.15, 0.2) is 0 Å². The molecule has 8 heteroatoms. The molecule has 0 radical (unpaired) electrons. The third-order valence-electron chi connectivity index (χ3n) is 6.04. The number of benzene rings is 3. The Hall–Kier alpha value is -3.20. The lowest BCUT2D eigenvalue weighted by atomic mass is 10.0. The second-order valence-corrected chi connectivity index (χ2v) is 10.3. The summed E-state index contributed by atoms with van der Waals surface area (Å²) in [7, 11) is -3.55. The highest BCUT2D eigenvalue weighted by molar-refractivity contribution is 7.89. The number of ether oxygens (including phenoxy) is 1. The number of piperazine rings is 1. The summed E-state index contributed by atoms with van der Waals surface area (Å²) >= 11 is 0. The molecule has 1 N–H and O–H groups in total. The fourth-order valence-corrected chi connectivity index (χ4v) is 5.57. The van der Waals surface area contributed by atoms with Crippen LogP contribution in [-0.2, 0) is 14.8 Å². The molecule has 1 fully saturated rings. The Bertz CT molecular complexity index is 1220. The Morgan fingerprint density at radius 2 is 1.54 bits per heavy atom. The summed E-state index contributed by atoms with van der Waals surface area (Å²) in [6.45, 7) is 4.97. The number of nitrogens with zero attached hydrogens (tertiary/aromatic N) is 2. The molecule has 3 aromatic carbocycles. The van der Waals surface area contributed by atoms with Crippen LogP contribution >= 0.6 is 0 Å². The van der Waals surface area contributed by atoms with E-state index in [1.807, 2.05) is 61.5 Å². The van der Waals surface area contributed by atoms with Gasteiger partial charge in [0.05, 0.1) is 11.5 Å². The Morgan fingerprint density at radius 1 is 0.886 bits per heavy atom. The first-order chi connectivity index (χ1) is 17.0. The first kappa shape index (κ1) is 24.9. The predicted molar refractivity (Wildman–Crippen MR) is 138 cm³/mol. The number of sulfonamides is 1. The number of carbonyl (C=O) groups is 1. The molecule has 0 saturated carbocycles. The lowest BCUT2D eigenvalue weighted by molar-refractivity contribution is -0.116. The predicted octanol–water partition coefficient (Wildman–Crippen LogP) is 4.09. The number of para-hydroxylation sites is 1. The van der Waals surface area contributed by atoms with Crippen LogP contribution in [0, 0.1) is 0 Å². The van der Waals surface area contributed by atoms with E-state index in [0.29, 0.717) is 51.5 Å². The van der Waals surface area contributed by atoms with Crippen LogP contribution < -0.4 is 10.1 Å². The van der Waals surface area contributed by atoms with Gasteiger partial charge in [-0.1, -0.05) is 48.5 Å². The molecule has 3 aromatic rings. The highest BCUT2D eigenvalue weighted by Gasteiger charge is 2.28. The minimum absolute atomic E-state index is 0.0576. The number of carbonyl (C=O) groups excluding carboxylic acids is 1. The van der Waals surface area contributed by atoms with E-state index < -0.39 is 10.0 Å². The van der Waals surface area contributed by atoms with Gasteiger partial charge in [0.1, 0.15) is 5.75 Å². The number of hydrogen-bond acceptors (Lipinski definition) is 5. The van der Waals surface area contributed by atoms with Crippen molar-refractivity contribution < 1.29 is 17.9 Å². The Balaban J connectivity index is 1.28. The number of anilines is 1. The van der Waals surface area contributed by atoms with Crippen LogP contribution in [0.3, 0.4) is 0 Å². The third-order valence-corrected chi connectivity index (χ3v) is 7.96. The molecule has 0 aromatic heterocycles. The van der Waals surface area contributed by atoms with Gasteiger partial charge in [-0.05, 0) is 42.8 Å². The molecule has 1 aliphatic heterocycles. The van der Waals surface area contributed by atoms with Crippen molar-refractivity contribution in [1.82, 2.24) is 9.21 Å². The van der Waals surface area contributed by atoms with E-state index in [9.17, 15) is 13.2 Å². The molecule has 0 aliphatic carbocycles. The summed E-state index contributed by atoms with van der Waals surface area (Å²) in [5.74, 6) is 0.596. The molecule has 0 atom stereocenters. The maximum Gasteiger partial charge on any atom is 0.243 e. The van der Waals surface area contributed by atoms with E-state index in [1.165, 1.54) is 4.31 Å². The first-order valence-corrected chi connectivity index (χ1v) is 13.3. The largest absolute Gasteiger partial charge is 0.494 e. The van der Waals surface area contributed by atoms with Crippen molar-refractivity contribution >= 4 is 21.6 Å². The first-order valence-electron chi connectivity index (χ1n) is 11.9. The van der Waals surface area contributed by atoms with Gasteiger partial charge < -0.3 is 15.0 Å². The fourth-order valence-electron chi connectivity index (χ4n) is 4.15. The van der Waals surface area contributed by atoms with Crippen molar-refractivity contribution in [2.75, 3.05) is 44.6 Å². The molecular formula is C27H31N3O4S. The number of nitrogens with one attached hydrogen (secondary N) is 1. The molecule has 35 heavy (non-hydrogen) atoms. The van der Waals surface area contributed by atoms with E-state index in [-0.39, 0.29) is 10.8 Å². The smallest absolute Gasteiger partial charge is 0.243 e. The summed E-state index contributed by atoms with van der Waals surface area (Å²) < 4.78 is 32.9. The standard InChI is InChI=1S/C27H31N3O4S/c1-2-34-23-12-14-24(15-13-23)35(32,33)30-20-18-29(19-21-30)17-16-27(31)28-26-11-7-6-10-25(26)22-8-4-3-5-9-22/h3-15H,2,16-21H2,1H3,(H,28,31). The van der Waals surface area contributed by atoms with Gasteiger partial charge in [-0.25, -0.2) is 8.42 Å². The van der Waals surface area contributed by atoms with E-state index in [2.05, 4.69) is 10.2 Å². The minimum Gasteiger partial charge on any atom is -0.494 e. The van der Waals surface area contributed by atoms with Crippen LogP contribution in [0.25, 0.3) is 11.1 Å². The van der Waals surface area contributed by atoms with Gasteiger partial charge in [-0.3, -0.25) is 4.79 Å². The van der Waals surface area contributed by atoms with Gasteiger partial charge in [-0.15, -0.1) is 0 Å². The average Bonchev–Trinajstić information content (AvgIpc) is 2.89. The monoisotopic (exact) mass is 493 g/mol. The highest BCUT2D eigenvalue weighted by Crippen LogP contribution is 2.27. The Labute approximate surface area is 207 Å². The Kier molecular flexibility index (Phi) is 8.17. The van der Waals surface area contributed by atoms with E-state index >= 15 is 0 Å². The lowest BCUT2D eigenvalue weighted by Gasteiger charge is -2.33. The summed E-state index contributed by atoms with van der Waals surface area (Å²) in [6, 6.07) is 24.3. The SMILES string of the molecule is CCOc1ccc(S(=O)(=O)N2CCN(CCC(=O)Nc3ccccc3-c3ccccc3)CC2)cc1. The second-order valence-electron chi connectivity index (χ2n) is 8.36. The van der Waals surface area contributed by atoms with Crippen LogP contribution in [0.2, 0.25) is 0 Å². The lowest BCUT2D eigenvalue weighted by Crippen LogP contribution is -2.49. The van der Waals surface area contributed by atoms with Crippen molar-refractivity contribution in [2.45, 2.75) is 18.2 Å². The third kappa shape index (κ3) is 6.28. The van der Waals surface area contributed by atoms with E-state index in [4.69, 9.17) is 4.74 Å². The van der Waals surface area contributed by atoms with Crippen molar-refractivity contribution in [2.24, 2.45) is 0 Å². The zero-order chi connectivity index (χ0) is 24.7. The fraction of sp³-hybridized carbons (Fsp3) is 0.296. The van der Waals surface area contributed by atoms with Crippen LogP contribution in [-0.4, -0.2) is 62.9 Å². The zero-order valence-electron chi connectivity index (χ0n) is 19.9. The van der Waals surface area contributed by atoms with Crippen molar-refractivity contribution in [1.29, 1.82) is 0 Å². The molecule has 1 saturated heterocycles. The minimum atomic E-state index is -3.55. The molecule has 1 amide bonds. The number of hydrogen-bond donors (Lipinski definition) is 1. The molecule has 0 spiro atoms. The molecular weight excluding hydrogens is 462 g/mol. The van der Waals surface area contributed by atoms with Crippen molar-refractivity contribution in [3.8, 4) is 16.9 Å². The summed E-state index contributed by atoms with van der Waals surface area (Å²) in [5, 5.41) is 3.03. The summed E-state index contributed by atoms with van der Waals surface area (Å²) in [6.07, 6.45) is 0.342. The van der Waals surface area contributed by atoms with Crippen molar-refractivity contribution in [3.05, 3.63) is 78.9 Å². The van der Waals surface area contributed by atoms with Gasteiger partial charge >= 0.3 is 0 Å². The van der Waals surface area contributed by atoms with Gasteiger partial charge in [0.25, 0.3) is 0 Å². The topological polar surface area (TPSA) is 79.0 Å². The van der Waals surface area contributed by atoms with Crippen LogP contribution in [0.4, 0.5) is 5.69 Å². The van der Waals surface area contributed by atoms with Gasteiger partial charge in [0.2, 0.25) is 15.9 Å². The van der Waals surface area contributed by atoms with E-state index in [1.54, 1.807) is 24.3 Å². The molecule has 1 heterocycles. The number of rotatable bonds is 9. The van der Waals surface area contributed by atoms with Gasteiger partial charge in [-0.2, -0.15) is 4.31 Å². The zero-order valence-corrected chi connectivity index (χ0v) is 20.7. The van der Waals surface area contributed by atoms with E-state index in [0.717, 1.165) is 16.8 Å². The quantitative estimate of drug-likeness (QED) is 0.486. The molecule has 0 bridgehead atoms. The second kappa shape index (κ2) is 11.5. The molecule has 184 valence electrons. The highest BCUT2D eigenvalue weighted by atomic mass is 32.2. The van der Waals surface area contributed by atoms with Crippen LogP contribution in [0.5, 0.6) is 5.75 Å². The van der Waals surface area contributed by atoms with Gasteiger partial charge in [0, 0.05) is 50.4 Å². The van der Waals surface area contributed by atoms with Crippen molar-refractivity contribution in [3.63, 3.8) is 0 Å². The number of amides is 1.